The summed E-state index contributed by atoms with van der Waals surface area (Å²) in [6.07, 6.45) is 2.67. The van der Waals surface area contributed by atoms with Crippen LogP contribution in [0.15, 0.2) is 18.2 Å². The molecule has 1 atom stereocenters. The molecule has 0 radical (unpaired) electrons. The fourth-order valence-electron chi connectivity index (χ4n) is 4.04. The second-order valence-electron chi connectivity index (χ2n) is 7.46. The molecule has 2 saturated heterocycles. The highest BCUT2D eigenvalue weighted by Gasteiger charge is 2.29. The van der Waals surface area contributed by atoms with Crippen LogP contribution in [-0.2, 0) is 6.54 Å². The van der Waals surface area contributed by atoms with Crippen molar-refractivity contribution >= 4 is 0 Å². The first-order valence-electron chi connectivity index (χ1n) is 9.19. The van der Waals surface area contributed by atoms with E-state index in [2.05, 4.69) is 58.8 Å². The molecular weight excluding hydrogens is 284 g/mol. The molecule has 4 heteroatoms. The highest BCUT2D eigenvalue weighted by atomic mass is 15.3. The minimum Gasteiger partial charge on any atom is -0.304 e. The van der Waals surface area contributed by atoms with Gasteiger partial charge >= 0.3 is 0 Å². The largest absolute Gasteiger partial charge is 0.304 e. The molecule has 0 N–H and O–H groups in total. The van der Waals surface area contributed by atoms with Gasteiger partial charge in [-0.05, 0) is 64.9 Å². The van der Waals surface area contributed by atoms with Gasteiger partial charge in [-0.3, -0.25) is 14.8 Å². The van der Waals surface area contributed by atoms with Gasteiger partial charge in [-0.2, -0.15) is 0 Å². The lowest BCUT2D eigenvalue weighted by Crippen LogP contribution is -2.51. The van der Waals surface area contributed by atoms with Crippen LogP contribution in [0.3, 0.4) is 0 Å². The third-order valence-corrected chi connectivity index (χ3v) is 5.76. The van der Waals surface area contributed by atoms with Crippen LogP contribution in [0.5, 0.6) is 0 Å². The van der Waals surface area contributed by atoms with Crippen LogP contribution in [0, 0.1) is 12.8 Å². The monoisotopic (exact) mass is 316 g/mol. The molecule has 4 nitrogen and oxygen atoms in total. The number of nitrogens with zero attached hydrogens (tertiary/aromatic N) is 4. The number of aromatic nitrogens is 1. The number of rotatable bonds is 4. The molecule has 0 bridgehead atoms. The fraction of sp³-hybridized carbons (Fsp3) is 0.737. The SMILES string of the molecule is Cc1cccc(CN2CCC([C@@H](C)N3CCN(C)CC3)CC2)n1. The number of likely N-dealkylation sites (N-methyl/N-ethyl adjacent to an activating group) is 1. The van der Waals surface area contributed by atoms with Crippen molar-refractivity contribution in [3.8, 4) is 0 Å². The van der Waals surface area contributed by atoms with Crippen LogP contribution < -0.4 is 0 Å². The smallest absolute Gasteiger partial charge is 0.0547 e. The molecule has 0 saturated carbocycles. The van der Waals surface area contributed by atoms with E-state index >= 15 is 0 Å². The first-order valence-corrected chi connectivity index (χ1v) is 9.19. The van der Waals surface area contributed by atoms with E-state index < -0.39 is 0 Å². The average Bonchev–Trinajstić information content (AvgIpc) is 2.56. The number of hydrogen-bond acceptors (Lipinski definition) is 4. The van der Waals surface area contributed by atoms with Crippen molar-refractivity contribution in [1.29, 1.82) is 0 Å². The van der Waals surface area contributed by atoms with E-state index in [-0.39, 0.29) is 0 Å². The lowest BCUT2D eigenvalue weighted by Gasteiger charge is -2.42. The Hall–Kier alpha value is -0.970. The van der Waals surface area contributed by atoms with Crippen LogP contribution in [0.4, 0.5) is 0 Å². The van der Waals surface area contributed by atoms with Crippen LogP contribution in [0.1, 0.15) is 31.2 Å². The zero-order valence-corrected chi connectivity index (χ0v) is 15.0. The van der Waals surface area contributed by atoms with Gasteiger partial charge in [0.05, 0.1) is 5.69 Å². The first kappa shape index (κ1) is 16.9. The summed E-state index contributed by atoms with van der Waals surface area (Å²) in [7, 11) is 2.24. The summed E-state index contributed by atoms with van der Waals surface area (Å²) in [6, 6.07) is 7.10. The summed E-state index contributed by atoms with van der Waals surface area (Å²) in [5, 5.41) is 0. The quantitative estimate of drug-likeness (QED) is 0.849. The number of piperidine rings is 1. The van der Waals surface area contributed by atoms with Crippen molar-refractivity contribution in [1.82, 2.24) is 19.7 Å². The normalized spacial score (nSPS) is 24.0. The van der Waals surface area contributed by atoms with E-state index in [4.69, 9.17) is 0 Å². The maximum Gasteiger partial charge on any atom is 0.0547 e. The first-order chi connectivity index (χ1) is 11.1. The van der Waals surface area contributed by atoms with Crippen molar-refractivity contribution in [2.45, 2.75) is 39.3 Å². The third-order valence-electron chi connectivity index (χ3n) is 5.76. The number of likely N-dealkylation sites (tertiary alicyclic amines) is 1. The molecule has 3 heterocycles. The van der Waals surface area contributed by atoms with Crippen molar-refractivity contribution in [3.63, 3.8) is 0 Å². The highest BCUT2D eigenvalue weighted by molar-refractivity contribution is 5.09. The molecule has 0 amide bonds. The second-order valence-corrected chi connectivity index (χ2v) is 7.46. The lowest BCUT2D eigenvalue weighted by atomic mass is 9.89. The molecule has 23 heavy (non-hydrogen) atoms. The van der Waals surface area contributed by atoms with Crippen molar-refractivity contribution in [3.05, 3.63) is 29.6 Å². The summed E-state index contributed by atoms with van der Waals surface area (Å²) in [4.78, 5) is 12.4. The number of aryl methyl sites for hydroxylation is 1. The molecular formula is C19H32N4. The Morgan fingerprint density at radius 1 is 1.09 bits per heavy atom. The van der Waals surface area contributed by atoms with Gasteiger partial charge in [-0.25, -0.2) is 0 Å². The van der Waals surface area contributed by atoms with Crippen LogP contribution in [-0.4, -0.2) is 72.0 Å². The number of pyridine rings is 1. The Bertz CT molecular complexity index is 488. The predicted octanol–water partition coefficient (Wildman–Crippen LogP) is 2.24. The van der Waals surface area contributed by atoms with Gasteiger partial charge < -0.3 is 4.90 Å². The van der Waals surface area contributed by atoms with Gasteiger partial charge in [-0.1, -0.05) is 6.07 Å². The molecule has 2 aliphatic rings. The van der Waals surface area contributed by atoms with Gasteiger partial charge in [0.25, 0.3) is 0 Å². The van der Waals surface area contributed by atoms with Gasteiger partial charge in [0.1, 0.15) is 0 Å². The Labute approximate surface area is 141 Å². The van der Waals surface area contributed by atoms with Crippen LogP contribution in [0.2, 0.25) is 0 Å². The standard InChI is InChI=1S/C19H32N4/c1-16-5-4-6-19(20-16)15-22-9-7-18(8-10-22)17(2)23-13-11-21(3)12-14-23/h4-6,17-18H,7-15H2,1-3H3/t17-/m1/s1. The Morgan fingerprint density at radius 2 is 1.78 bits per heavy atom. The van der Waals surface area contributed by atoms with Gasteiger partial charge in [0.15, 0.2) is 0 Å². The summed E-state index contributed by atoms with van der Waals surface area (Å²) in [5.74, 6) is 0.861. The summed E-state index contributed by atoms with van der Waals surface area (Å²) in [6.45, 7) is 12.9. The van der Waals surface area contributed by atoms with Gasteiger partial charge in [0.2, 0.25) is 0 Å². The number of hydrogen-bond donors (Lipinski definition) is 0. The van der Waals surface area contributed by atoms with E-state index in [1.165, 1.54) is 57.8 Å². The molecule has 0 unspecified atom stereocenters. The Balaban J connectivity index is 1.46. The topological polar surface area (TPSA) is 22.6 Å². The zero-order valence-electron chi connectivity index (χ0n) is 15.0. The van der Waals surface area contributed by atoms with E-state index in [0.29, 0.717) is 0 Å². The number of piperazine rings is 1. The minimum absolute atomic E-state index is 0.739. The van der Waals surface area contributed by atoms with Gasteiger partial charge in [0, 0.05) is 44.5 Å². The van der Waals surface area contributed by atoms with Crippen molar-refractivity contribution < 1.29 is 0 Å². The van der Waals surface area contributed by atoms with Crippen LogP contribution >= 0.6 is 0 Å². The van der Waals surface area contributed by atoms with Crippen molar-refractivity contribution in [2.75, 3.05) is 46.3 Å². The van der Waals surface area contributed by atoms with Gasteiger partial charge in [-0.15, -0.1) is 0 Å². The predicted molar refractivity (Wildman–Crippen MR) is 95.5 cm³/mol. The average molecular weight is 316 g/mol. The molecule has 2 fully saturated rings. The van der Waals surface area contributed by atoms with E-state index in [1.807, 2.05) is 0 Å². The van der Waals surface area contributed by atoms with E-state index in [0.717, 1.165) is 24.2 Å². The molecule has 0 aliphatic carbocycles. The maximum atomic E-state index is 4.65. The molecule has 2 aliphatic heterocycles. The lowest BCUT2D eigenvalue weighted by molar-refractivity contribution is 0.0596. The molecule has 1 aromatic rings. The minimum atomic E-state index is 0.739. The molecule has 0 spiro atoms. The Kier molecular flexibility index (Phi) is 5.67. The summed E-state index contributed by atoms with van der Waals surface area (Å²) in [5.41, 5.74) is 2.34. The summed E-state index contributed by atoms with van der Waals surface area (Å²) >= 11 is 0. The van der Waals surface area contributed by atoms with Crippen molar-refractivity contribution in [2.24, 2.45) is 5.92 Å². The molecule has 3 rings (SSSR count). The van der Waals surface area contributed by atoms with E-state index in [1.54, 1.807) is 0 Å². The Morgan fingerprint density at radius 3 is 2.43 bits per heavy atom. The molecule has 128 valence electrons. The summed E-state index contributed by atoms with van der Waals surface area (Å²) < 4.78 is 0. The zero-order chi connectivity index (χ0) is 16.2. The van der Waals surface area contributed by atoms with Crippen LogP contribution in [0.25, 0.3) is 0 Å². The second kappa shape index (κ2) is 7.73. The molecule has 1 aromatic heterocycles. The third kappa shape index (κ3) is 4.52. The fourth-order valence-corrected chi connectivity index (χ4v) is 4.04. The maximum absolute atomic E-state index is 4.65. The molecule has 0 aromatic carbocycles. The van der Waals surface area contributed by atoms with E-state index in [9.17, 15) is 0 Å². The highest BCUT2D eigenvalue weighted by Crippen LogP contribution is 2.25.